The maximum absolute atomic E-state index is 12.7. The van der Waals surface area contributed by atoms with Crippen molar-refractivity contribution in [3.05, 3.63) is 95.3 Å². The zero-order valence-electron chi connectivity index (χ0n) is 19.2. The Morgan fingerprint density at radius 2 is 1.68 bits per heavy atom. The number of nitrogens with one attached hydrogen (secondary N) is 2. The van der Waals surface area contributed by atoms with Crippen LogP contribution in [0.15, 0.2) is 83.9 Å². The zero-order valence-corrected chi connectivity index (χ0v) is 20.7. The minimum absolute atomic E-state index is 0.149. The van der Waals surface area contributed by atoms with Gasteiger partial charge in [0.2, 0.25) is 0 Å². The van der Waals surface area contributed by atoms with Crippen molar-refractivity contribution in [2.45, 2.75) is 37.6 Å². The third kappa shape index (κ3) is 5.76. The number of sulfonamides is 1. The summed E-state index contributed by atoms with van der Waals surface area (Å²) >= 11 is 6.00. The Hall–Kier alpha value is -3.36. The van der Waals surface area contributed by atoms with Crippen LogP contribution in [0, 0.1) is 0 Å². The van der Waals surface area contributed by atoms with Crippen LogP contribution in [0.3, 0.4) is 0 Å². The van der Waals surface area contributed by atoms with Gasteiger partial charge in [0.1, 0.15) is 11.6 Å². The van der Waals surface area contributed by atoms with E-state index < -0.39 is 10.0 Å². The van der Waals surface area contributed by atoms with E-state index in [-0.39, 0.29) is 16.3 Å². The minimum atomic E-state index is -3.74. The van der Waals surface area contributed by atoms with Gasteiger partial charge in [-0.2, -0.15) is 5.10 Å². The van der Waals surface area contributed by atoms with Gasteiger partial charge in [0.25, 0.3) is 10.0 Å². The summed E-state index contributed by atoms with van der Waals surface area (Å²) in [5.41, 5.74) is 2.53. The highest BCUT2D eigenvalue weighted by Gasteiger charge is 2.20. The molecule has 4 aromatic rings. The third-order valence-corrected chi connectivity index (χ3v) is 6.66. The predicted octanol–water partition coefficient (Wildman–Crippen LogP) is 5.82. The van der Waals surface area contributed by atoms with E-state index in [4.69, 9.17) is 16.7 Å². The summed E-state index contributed by atoms with van der Waals surface area (Å²) in [5, 5.41) is 8.88. The first-order chi connectivity index (χ1) is 16.1. The third-order valence-electron chi connectivity index (χ3n) is 5.03. The maximum atomic E-state index is 12.7. The second kappa shape index (κ2) is 9.48. The number of anilines is 3. The molecule has 0 bridgehead atoms. The summed E-state index contributed by atoms with van der Waals surface area (Å²) in [6.07, 6.45) is 2.20. The summed E-state index contributed by atoms with van der Waals surface area (Å²) in [4.78, 5) is 4.16. The number of pyridine rings is 1. The molecule has 0 unspecified atom stereocenters. The fraction of sp³-hybridized carbons (Fsp3) is 0.200. The molecule has 0 saturated carbocycles. The fourth-order valence-electron chi connectivity index (χ4n) is 3.41. The molecule has 7 nitrogen and oxygen atoms in total. The van der Waals surface area contributed by atoms with Crippen LogP contribution in [0.2, 0.25) is 5.02 Å². The SMILES string of the molecule is CC(C)(C)n1nc(Cc2ccc(Cl)cc2)cc1Nc1ccc(S(=O)(=O)Nc2ccccn2)cc1. The number of halogens is 1. The van der Waals surface area contributed by atoms with Gasteiger partial charge in [-0.1, -0.05) is 29.8 Å². The molecule has 4 rings (SSSR count). The first kappa shape index (κ1) is 23.8. The quantitative estimate of drug-likeness (QED) is 0.337. The van der Waals surface area contributed by atoms with Gasteiger partial charge in [0.15, 0.2) is 0 Å². The number of nitrogens with zero attached hydrogens (tertiary/aromatic N) is 3. The Morgan fingerprint density at radius 3 is 2.29 bits per heavy atom. The first-order valence-corrected chi connectivity index (χ1v) is 12.6. The predicted molar refractivity (Wildman–Crippen MR) is 136 cm³/mol. The summed E-state index contributed by atoms with van der Waals surface area (Å²) in [6, 6.07) is 21.3. The van der Waals surface area contributed by atoms with Gasteiger partial charge < -0.3 is 5.32 Å². The van der Waals surface area contributed by atoms with Crippen molar-refractivity contribution in [1.29, 1.82) is 0 Å². The number of hydrogen-bond donors (Lipinski definition) is 2. The number of benzene rings is 2. The maximum Gasteiger partial charge on any atom is 0.263 e. The highest BCUT2D eigenvalue weighted by Crippen LogP contribution is 2.27. The fourth-order valence-corrected chi connectivity index (χ4v) is 4.55. The van der Waals surface area contributed by atoms with Crippen LogP contribution in [0.25, 0.3) is 0 Å². The van der Waals surface area contributed by atoms with E-state index >= 15 is 0 Å². The van der Waals surface area contributed by atoms with Crippen molar-refractivity contribution < 1.29 is 8.42 Å². The normalized spacial score (nSPS) is 11.9. The second-order valence-electron chi connectivity index (χ2n) is 8.88. The molecule has 0 radical (unpaired) electrons. The van der Waals surface area contributed by atoms with E-state index in [1.165, 1.54) is 6.20 Å². The zero-order chi connectivity index (χ0) is 24.3. The van der Waals surface area contributed by atoms with Crippen LogP contribution < -0.4 is 10.0 Å². The average Bonchev–Trinajstić information content (AvgIpc) is 3.19. The lowest BCUT2D eigenvalue weighted by Crippen LogP contribution is -2.24. The monoisotopic (exact) mass is 495 g/mol. The second-order valence-corrected chi connectivity index (χ2v) is 11.0. The van der Waals surface area contributed by atoms with E-state index in [2.05, 4.69) is 35.8 Å². The lowest BCUT2D eigenvalue weighted by atomic mass is 10.1. The van der Waals surface area contributed by atoms with Gasteiger partial charge in [-0.25, -0.2) is 18.1 Å². The molecule has 0 aliphatic carbocycles. The van der Waals surface area contributed by atoms with Crippen molar-refractivity contribution >= 4 is 38.9 Å². The summed E-state index contributed by atoms with van der Waals surface area (Å²) in [5.74, 6) is 1.09. The molecule has 0 aliphatic rings. The molecule has 2 aromatic heterocycles. The molecule has 2 N–H and O–H groups in total. The molecule has 0 spiro atoms. The van der Waals surface area contributed by atoms with Crippen LogP contribution >= 0.6 is 11.6 Å². The van der Waals surface area contributed by atoms with Gasteiger partial charge in [0, 0.05) is 29.4 Å². The van der Waals surface area contributed by atoms with Gasteiger partial charge in [-0.05, 0) is 74.9 Å². The molecule has 176 valence electrons. The Morgan fingerprint density at radius 1 is 0.971 bits per heavy atom. The molecule has 0 saturated heterocycles. The molecule has 2 heterocycles. The Kier molecular flexibility index (Phi) is 6.63. The van der Waals surface area contributed by atoms with E-state index in [9.17, 15) is 8.42 Å². The van der Waals surface area contributed by atoms with Gasteiger partial charge >= 0.3 is 0 Å². The van der Waals surface area contributed by atoms with E-state index in [1.807, 2.05) is 35.0 Å². The van der Waals surface area contributed by atoms with Crippen LogP contribution in [-0.4, -0.2) is 23.2 Å². The molecule has 34 heavy (non-hydrogen) atoms. The Labute approximate surface area is 204 Å². The molecular formula is C25H26ClN5O2S. The largest absolute Gasteiger partial charge is 0.340 e. The van der Waals surface area contributed by atoms with Crippen molar-refractivity contribution in [3.8, 4) is 0 Å². The minimum Gasteiger partial charge on any atom is -0.340 e. The highest BCUT2D eigenvalue weighted by molar-refractivity contribution is 7.92. The van der Waals surface area contributed by atoms with Gasteiger partial charge in [-0.3, -0.25) is 4.72 Å². The summed E-state index contributed by atoms with van der Waals surface area (Å²) in [7, 11) is -3.74. The highest BCUT2D eigenvalue weighted by atomic mass is 35.5. The van der Waals surface area contributed by atoms with Crippen LogP contribution in [0.4, 0.5) is 17.3 Å². The molecule has 0 aliphatic heterocycles. The van der Waals surface area contributed by atoms with E-state index in [1.54, 1.807) is 42.5 Å². The average molecular weight is 496 g/mol. The lowest BCUT2D eigenvalue weighted by molar-refractivity contribution is 0.359. The van der Waals surface area contributed by atoms with Crippen LogP contribution in [0.5, 0.6) is 0 Å². The standard InChI is InChI=1S/C25H26ClN5O2S/c1-25(2,3)31-24(17-21(29-31)16-18-7-9-19(26)10-8-18)28-20-11-13-22(14-12-20)34(32,33)30-23-6-4-5-15-27-23/h4-15,17,28H,16H2,1-3H3,(H,27,30). The van der Waals surface area contributed by atoms with E-state index in [0.29, 0.717) is 11.4 Å². The van der Waals surface area contributed by atoms with Crippen molar-refractivity contribution in [2.24, 2.45) is 0 Å². The number of rotatable bonds is 7. The molecule has 2 aromatic carbocycles. The van der Waals surface area contributed by atoms with Crippen LogP contribution in [0.1, 0.15) is 32.0 Å². The Bertz CT molecular complexity index is 1360. The van der Waals surface area contributed by atoms with Crippen molar-refractivity contribution in [2.75, 3.05) is 10.0 Å². The molecule has 9 heteroatoms. The smallest absolute Gasteiger partial charge is 0.263 e. The lowest BCUT2D eigenvalue weighted by Gasteiger charge is -2.22. The molecular weight excluding hydrogens is 470 g/mol. The number of hydrogen-bond acceptors (Lipinski definition) is 5. The Balaban J connectivity index is 1.54. The van der Waals surface area contributed by atoms with E-state index in [0.717, 1.165) is 22.8 Å². The number of aromatic nitrogens is 3. The van der Waals surface area contributed by atoms with Crippen LogP contribution in [-0.2, 0) is 22.0 Å². The topological polar surface area (TPSA) is 88.9 Å². The van der Waals surface area contributed by atoms with Crippen molar-refractivity contribution in [1.82, 2.24) is 14.8 Å². The van der Waals surface area contributed by atoms with Gasteiger partial charge in [-0.15, -0.1) is 0 Å². The summed E-state index contributed by atoms with van der Waals surface area (Å²) < 4.78 is 29.7. The first-order valence-electron chi connectivity index (χ1n) is 10.7. The van der Waals surface area contributed by atoms with Gasteiger partial charge in [0.05, 0.1) is 16.1 Å². The molecule has 0 amide bonds. The molecule has 0 atom stereocenters. The molecule has 0 fully saturated rings. The summed E-state index contributed by atoms with van der Waals surface area (Å²) in [6.45, 7) is 6.24. The van der Waals surface area contributed by atoms with Crippen molar-refractivity contribution in [3.63, 3.8) is 0 Å².